The number of hydrogen-bond donors (Lipinski definition) is 2. The van der Waals surface area contributed by atoms with Crippen LogP contribution < -0.4 is 5.32 Å². The Kier molecular flexibility index (Phi) is 5.17. The fourth-order valence-corrected chi connectivity index (χ4v) is 2.24. The zero-order valence-electron chi connectivity index (χ0n) is 11.1. The number of rotatable bonds is 8. The van der Waals surface area contributed by atoms with Crippen molar-refractivity contribution in [2.45, 2.75) is 37.8 Å². The van der Waals surface area contributed by atoms with Gasteiger partial charge in [-0.3, -0.25) is 0 Å². The van der Waals surface area contributed by atoms with E-state index in [4.69, 9.17) is 9.84 Å². The van der Waals surface area contributed by atoms with Crippen LogP contribution >= 0.6 is 0 Å². The highest BCUT2D eigenvalue weighted by atomic mass is 16.5. The molecule has 1 aliphatic carbocycles. The van der Waals surface area contributed by atoms with Crippen LogP contribution in [0.3, 0.4) is 0 Å². The molecule has 1 aromatic rings. The molecule has 0 amide bonds. The van der Waals surface area contributed by atoms with E-state index in [1.807, 2.05) is 0 Å². The molecule has 1 unspecified atom stereocenters. The third-order valence-electron chi connectivity index (χ3n) is 3.44. The van der Waals surface area contributed by atoms with Gasteiger partial charge in [0, 0.05) is 26.3 Å². The van der Waals surface area contributed by atoms with Gasteiger partial charge in [0.25, 0.3) is 0 Å². The van der Waals surface area contributed by atoms with E-state index in [1.54, 1.807) is 7.11 Å². The van der Waals surface area contributed by atoms with E-state index < -0.39 is 0 Å². The zero-order chi connectivity index (χ0) is 12.8. The van der Waals surface area contributed by atoms with Crippen molar-refractivity contribution >= 4 is 0 Å². The standard InChI is InChI=1S/C15H23NO2/c1-18-11-15(7-8-17)16-10-12-3-2-4-14(9-12)13-5-6-13/h2-4,9,13,15-17H,5-8,10-11H2,1H3. The van der Waals surface area contributed by atoms with Gasteiger partial charge in [0.05, 0.1) is 6.61 Å². The van der Waals surface area contributed by atoms with Gasteiger partial charge in [0.2, 0.25) is 0 Å². The maximum Gasteiger partial charge on any atom is 0.0616 e. The van der Waals surface area contributed by atoms with Crippen LogP contribution in [-0.2, 0) is 11.3 Å². The number of aliphatic hydroxyl groups excluding tert-OH is 1. The Bertz CT molecular complexity index is 357. The van der Waals surface area contributed by atoms with Crippen molar-refractivity contribution in [1.82, 2.24) is 5.32 Å². The van der Waals surface area contributed by atoms with Gasteiger partial charge in [0.1, 0.15) is 0 Å². The Labute approximate surface area is 109 Å². The molecule has 2 N–H and O–H groups in total. The number of aliphatic hydroxyl groups is 1. The molecule has 3 nitrogen and oxygen atoms in total. The van der Waals surface area contributed by atoms with Gasteiger partial charge in [0.15, 0.2) is 0 Å². The Balaban J connectivity index is 1.85. The van der Waals surface area contributed by atoms with Crippen molar-refractivity contribution in [3.05, 3.63) is 35.4 Å². The molecule has 2 rings (SSSR count). The normalized spacial score (nSPS) is 16.8. The lowest BCUT2D eigenvalue weighted by molar-refractivity contribution is 0.148. The summed E-state index contributed by atoms with van der Waals surface area (Å²) in [5, 5.41) is 12.4. The topological polar surface area (TPSA) is 41.5 Å². The highest BCUT2D eigenvalue weighted by Crippen LogP contribution is 2.40. The molecule has 0 aliphatic heterocycles. The highest BCUT2D eigenvalue weighted by Gasteiger charge is 2.23. The summed E-state index contributed by atoms with van der Waals surface area (Å²) in [5.74, 6) is 0.803. The van der Waals surface area contributed by atoms with Crippen molar-refractivity contribution < 1.29 is 9.84 Å². The van der Waals surface area contributed by atoms with Crippen LogP contribution in [0.15, 0.2) is 24.3 Å². The van der Waals surface area contributed by atoms with Crippen LogP contribution in [0, 0.1) is 0 Å². The molecule has 1 atom stereocenters. The molecule has 100 valence electrons. The van der Waals surface area contributed by atoms with Crippen LogP contribution in [0.25, 0.3) is 0 Å². The fraction of sp³-hybridized carbons (Fsp3) is 0.600. The average Bonchev–Trinajstić information content (AvgIpc) is 3.21. The average molecular weight is 249 g/mol. The van der Waals surface area contributed by atoms with E-state index in [9.17, 15) is 0 Å². The molecule has 1 fully saturated rings. The van der Waals surface area contributed by atoms with Crippen LogP contribution in [0.1, 0.15) is 36.3 Å². The second-order valence-electron chi connectivity index (χ2n) is 5.06. The second-order valence-corrected chi connectivity index (χ2v) is 5.06. The number of benzene rings is 1. The summed E-state index contributed by atoms with van der Waals surface area (Å²) in [6.45, 7) is 1.68. The van der Waals surface area contributed by atoms with Crippen molar-refractivity contribution in [3.63, 3.8) is 0 Å². The smallest absolute Gasteiger partial charge is 0.0616 e. The molecule has 0 bridgehead atoms. The number of nitrogens with one attached hydrogen (secondary N) is 1. The largest absolute Gasteiger partial charge is 0.396 e. The van der Waals surface area contributed by atoms with Crippen molar-refractivity contribution in [1.29, 1.82) is 0 Å². The molecule has 1 aliphatic rings. The van der Waals surface area contributed by atoms with Crippen LogP contribution in [0.2, 0.25) is 0 Å². The van der Waals surface area contributed by atoms with Crippen LogP contribution in [0.5, 0.6) is 0 Å². The lowest BCUT2D eigenvalue weighted by atomic mass is 10.1. The summed E-state index contributed by atoms with van der Waals surface area (Å²) < 4.78 is 5.14. The Morgan fingerprint density at radius 3 is 2.94 bits per heavy atom. The predicted molar refractivity (Wildman–Crippen MR) is 72.6 cm³/mol. The third-order valence-corrected chi connectivity index (χ3v) is 3.44. The minimum atomic E-state index is 0.198. The molecule has 0 spiro atoms. The first kappa shape index (κ1) is 13.5. The molecule has 0 saturated heterocycles. The van der Waals surface area contributed by atoms with Gasteiger partial charge in [-0.15, -0.1) is 0 Å². The first-order valence-corrected chi connectivity index (χ1v) is 6.75. The first-order valence-electron chi connectivity index (χ1n) is 6.75. The number of hydrogen-bond acceptors (Lipinski definition) is 3. The summed E-state index contributed by atoms with van der Waals surface area (Å²) in [7, 11) is 1.69. The Hall–Kier alpha value is -0.900. The molecule has 1 saturated carbocycles. The summed E-state index contributed by atoms with van der Waals surface area (Å²) in [6.07, 6.45) is 3.41. The van der Waals surface area contributed by atoms with Gasteiger partial charge in [-0.1, -0.05) is 24.3 Å². The van der Waals surface area contributed by atoms with E-state index >= 15 is 0 Å². The van der Waals surface area contributed by atoms with Gasteiger partial charge in [-0.25, -0.2) is 0 Å². The minimum Gasteiger partial charge on any atom is -0.396 e. The molecule has 3 heteroatoms. The minimum absolute atomic E-state index is 0.198. The van der Waals surface area contributed by atoms with Crippen molar-refractivity contribution in [2.24, 2.45) is 0 Å². The summed E-state index contributed by atoms with van der Waals surface area (Å²) in [5.41, 5.74) is 2.79. The van der Waals surface area contributed by atoms with E-state index in [2.05, 4.69) is 29.6 Å². The van der Waals surface area contributed by atoms with Gasteiger partial charge in [-0.2, -0.15) is 0 Å². The van der Waals surface area contributed by atoms with E-state index in [-0.39, 0.29) is 12.6 Å². The Morgan fingerprint density at radius 2 is 2.28 bits per heavy atom. The third kappa shape index (κ3) is 4.09. The summed E-state index contributed by atoms with van der Waals surface area (Å²) >= 11 is 0. The monoisotopic (exact) mass is 249 g/mol. The molecule has 18 heavy (non-hydrogen) atoms. The second kappa shape index (κ2) is 6.88. The quantitative estimate of drug-likeness (QED) is 0.741. The van der Waals surface area contributed by atoms with Gasteiger partial charge >= 0.3 is 0 Å². The number of ether oxygens (including phenoxy) is 1. The van der Waals surface area contributed by atoms with Crippen molar-refractivity contribution in [3.8, 4) is 0 Å². The predicted octanol–water partition coefficient (Wildman–Crippen LogP) is 2.05. The van der Waals surface area contributed by atoms with Gasteiger partial charge in [-0.05, 0) is 36.3 Å². The molecule has 0 radical (unpaired) electrons. The fourth-order valence-electron chi connectivity index (χ4n) is 2.24. The number of methoxy groups -OCH3 is 1. The molecule has 1 aromatic carbocycles. The van der Waals surface area contributed by atoms with Crippen LogP contribution in [0.4, 0.5) is 0 Å². The maximum atomic E-state index is 8.99. The first-order chi connectivity index (χ1) is 8.83. The Morgan fingerprint density at radius 1 is 1.44 bits per heavy atom. The molecular formula is C15H23NO2. The zero-order valence-corrected chi connectivity index (χ0v) is 11.1. The molecular weight excluding hydrogens is 226 g/mol. The lowest BCUT2D eigenvalue weighted by Gasteiger charge is -2.17. The van der Waals surface area contributed by atoms with Gasteiger partial charge < -0.3 is 15.2 Å². The molecule has 0 heterocycles. The molecule has 0 aromatic heterocycles. The maximum absolute atomic E-state index is 8.99. The SMILES string of the molecule is COCC(CCO)NCc1cccc(C2CC2)c1. The van der Waals surface area contributed by atoms with Crippen molar-refractivity contribution in [2.75, 3.05) is 20.3 Å². The lowest BCUT2D eigenvalue weighted by Crippen LogP contribution is -2.33. The summed E-state index contributed by atoms with van der Waals surface area (Å²) in [4.78, 5) is 0. The summed E-state index contributed by atoms with van der Waals surface area (Å²) in [6, 6.07) is 9.04. The van der Waals surface area contributed by atoms with Crippen LogP contribution in [-0.4, -0.2) is 31.5 Å². The van der Waals surface area contributed by atoms with E-state index in [0.717, 1.165) is 18.9 Å². The van der Waals surface area contributed by atoms with E-state index in [0.29, 0.717) is 6.61 Å². The highest BCUT2D eigenvalue weighted by molar-refractivity contribution is 5.29. The van der Waals surface area contributed by atoms with E-state index in [1.165, 1.54) is 24.0 Å².